The highest BCUT2D eigenvalue weighted by atomic mass is 15.4. The van der Waals surface area contributed by atoms with Crippen LogP contribution in [0.5, 0.6) is 0 Å². The van der Waals surface area contributed by atoms with Crippen molar-refractivity contribution in [2.45, 2.75) is 13.3 Å². The van der Waals surface area contributed by atoms with Gasteiger partial charge in [-0.05, 0) is 12.0 Å². The molecule has 0 bridgehead atoms. The van der Waals surface area contributed by atoms with Crippen LogP contribution in [-0.2, 0) is 13.5 Å². The first-order valence-corrected chi connectivity index (χ1v) is 4.76. The van der Waals surface area contributed by atoms with Crippen LogP contribution in [0.3, 0.4) is 0 Å². The smallest absolute Gasteiger partial charge is 0.113 e. The Bertz CT molecular complexity index is 432. The predicted octanol–water partition coefficient (Wildman–Crippen LogP) is 2.04. The highest BCUT2D eigenvalue weighted by Crippen LogP contribution is 2.20. The van der Waals surface area contributed by atoms with Gasteiger partial charge in [-0.1, -0.05) is 36.4 Å². The zero-order valence-corrected chi connectivity index (χ0v) is 8.44. The number of rotatable bonds is 2. The van der Waals surface area contributed by atoms with Crippen molar-refractivity contribution in [2.24, 2.45) is 7.05 Å². The molecular weight excluding hydrogens is 174 g/mol. The number of aromatic nitrogens is 3. The van der Waals surface area contributed by atoms with E-state index in [1.807, 2.05) is 19.3 Å². The van der Waals surface area contributed by atoms with Gasteiger partial charge in [0.05, 0.1) is 6.20 Å². The van der Waals surface area contributed by atoms with Crippen LogP contribution < -0.4 is 0 Å². The van der Waals surface area contributed by atoms with Gasteiger partial charge in [0.15, 0.2) is 0 Å². The molecule has 3 nitrogen and oxygen atoms in total. The molecule has 0 amide bonds. The van der Waals surface area contributed by atoms with Crippen molar-refractivity contribution in [2.75, 3.05) is 0 Å². The van der Waals surface area contributed by atoms with E-state index in [1.165, 1.54) is 11.1 Å². The van der Waals surface area contributed by atoms with Gasteiger partial charge < -0.3 is 0 Å². The zero-order chi connectivity index (χ0) is 9.97. The molecule has 2 aromatic rings. The van der Waals surface area contributed by atoms with E-state index in [4.69, 9.17) is 0 Å². The highest BCUT2D eigenvalue weighted by molar-refractivity contribution is 5.62. The molecule has 2 rings (SSSR count). The summed E-state index contributed by atoms with van der Waals surface area (Å²) in [6.07, 6.45) is 2.96. The van der Waals surface area contributed by atoms with Gasteiger partial charge in [-0.15, -0.1) is 5.10 Å². The van der Waals surface area contributed by atoms with Crippen LogP contribution in [0.1, 0.15) is 12.5 Å². The molecule has 0 saturated heterocycles. The van der Waals surface area contributed by atoms with Crippen LogP contribution in [0.25, 0.3) is 11.3 Å². The maximum Gasteiger partial charge on any atom is 0.113 e. The SMILES string of the molecule is CCc1ccccc1-c1cn(C)nn1. The first kappa shape index (κ1) is 8.94. The van der Waals surface area contributed by atoms with Gasteiger partial charge in [-0.2, -0.15) is 0 Å². The fraction of sp³-hybridized carbons (Fsp3) is 0.273. The van der Waals surface area contributed by atoms with Gasteiger partial charge in [-0.25, -0.2) is 0 Å². The average Bonchev–Trinajstić information content (AvgIpc) is 2.65. The Morgan fingerprint density at radius 2 is 2.07 bits per heavy atom. The van der Waals surface area contributed by atoms with Gasteiger partial charge in [0.2, 0.25) is 0 Å². The maximum atomic E-state index is 4.11. The Morgan fingerprint density at radius 1 is 1.29 bits per heavy atom. The van der Waals surface area contributed by atoms with Gasteiger partial charge >= 0.3 is 0 Å². The van der Waals surface area contributed by atoms with E-state index in [-0.39, 0.29) is 0 Å². The van der Waals surface area contributed by atoms with Crippen molar-refractivity contribution in [1.82, 2.24) is 15.0 Å². The largest absolute Gasteiger partial charge is 0.255 e. The summed E-state index contributed by atoms with van der Waals surface area (Å²) in [5, 5.41) is 8.04. The molecule has 1 heterocycles. The summed E-state index contributed by atoms with van der Waals surface area (Å²) < 4.78 is 1.72. The van der Waals surface area contributed by atoms with Gasteiger partial charge in [0.1, 0.15) is 5.69 Å². The summed E-state index contributed by atoms with van der Waals surface area (Å²) in [5.41, 5.74) is 3.45. The lowest BCUT2D eigenvalue weighted by atomic mass is 10.0. The Kier molecular flexibility index (Phi) is 2.31. The molecule has 0 radical (unpaired) electrons. The zero-order valence-electron chi connectivity index (χ0n) is 8.44. The lowest BCUT2D eigenvalue weighted by Gasteiger charge is -2.02. The molecule has 1 aromatic carbocycles. The lowest BCUT2D eigenvalue weighted by molar-refractivity contribution is 0.715. The van der Waals surface area contributed by atoms with Crippen LogP contribution in [0.4, 0.5) is 0 Å². The molecule has 72 valence electrons. The number of hydrogen-bond acceptors (Lipinski definition) is 2. The normalized spacial score (nSPS) is 10.4. The topological polar surface area (TPSA) is 30.7 Å². The third kappa shape index (κ3) is 1.53. The molecule has 0 atom stereocenters. The third-order valence-electron chi connectivity index (χ3n) is 2.28. The molecular formula is C11H13N3. The Hall–Kier alpha value is -1.64. The van der Waals surface area contributed by atoms with Gasteiger partial charge in [0, 0.05) is 12.6 Å². The summed E-state index contributed by atoms with van der Waals surface area (Å²) in [6, 6.07) is 8.30. The second-order valence-corrected chi connectivity index (χ2v) is 3.29. The van der Waals surface area contributed by atoms with Crippen LogP contribution >= 0.6 is 0 Å². The minimum absolute atomic E-state index is 0.949. The molecule has 0 spiro atoms. The number of nitrogens with zero attached hydrogens (tertiary/aromatic N) is 3. The second kappa shape index (κ2) is 3.62. The highest BCUT2D eigenvalue weighted by Gasteiger charge is 2.05. The van der Waals surface area contributed by atoms with E-state index in [0.717, 1.165) is 12.1 Å². The van der Waals surface area contributed by atoms with Gasteiger partial charge in [-0.3, -0.25) is 4.68 Å². The molecule has 0 aliphatic carbocycles. The molecule has 0 N–H and O–H groups in total. The molecule has 0 fully saturated rings. The molecule has 3 heteroatoms. The average molecular weight is 187 g/mol. The van der Waals surface area contributed by atoms with E-state index in [9.17, 15) is 0 Å². The van der Waals surface area contributed by atoms with E-state index in [2.05, 4.69) is 35.4 Å². The molecule has 0 saturated carbocycles. The standard InChI is InChI=1S/C11H13N3/c1-3-9-6-4-5-7-10(9)11-8-14(2)13-12-11/h4-8H,3H2,1-2H3. The molecule has 0 aliphatic rings. The van der Waals surface area contributed by atoms with Gasteiger partial charge in [0.25, 0.3) is 0 Å². The van der Waals surface area contributed by atoms with Crippen molar-refractivity contribution in [3.05, 3.63) is 36.0 Å². The Labute approximate surface area is 83.4 Å². The fourth-order valence-corrected chi connectivity index (χ4v) is 1.55. The van der Waals surface area contributed by atoms with Crippen molar-refractivity contribution in [3.63, 3.8) is 0 Å². The first-order chi connectivity index (χ1) is 6.81. The van der Waals surface area contributed by atoms with Crippen molar-refractivity contribution < 1.29 is 0 Å². The summed E-state index contributed by atoms with van der Waals surface area (Å²) in [5.74, 6) is 0. The molecule has 1 aromatic heterocycles. The first-order valence-electron chi connectivity index (χ1n) is 4.76. The quantitative estimate of drug-likeness (QED) is 0.720. The van der Waals surface area contributed by atoms with Crippen molar-refractivity contribution in [1.29, 1.82) is 0 Å². The monoisotopic (exact) mass is 187 g/mol. The molecule has 0 aliphatic heterocycles. The van der Waals surface area contributed by atoms with Crippen LogP contribution in [0.2, 0.25) is 0 Å². The Morgan fingerprint density at radius 3 is 2.71 bits per heavy atom. The van der Waals surface area contributed by atoms with Crippen LogP contribution in [0, 0.1) is 0 Å². The summed E-state index contributed by atoms with van der Waals surface area (Å²) in [4.78, 5) is 0. The fourth-order valence-electron chi connectivity index (χ4n) is 1.55. The minimum Gasteiger partial charge on any atom is -0.255 e. The predicted molar refractivity (Wildman–Crippen MR) is 55.8 cm³/mol. The Balaban J connectivity index is 2.50. The summed E-state index contributed by atoms with van der Waals surface area (Å²) >= 11 is 0. The number of benzene rings is 1. The van der Waals surface area contributed by atoms with E-state index in [1.54, 1.807) is 4.68 Å². The number of aryl methyl sites for hydroxylation is 2. The third-order valence-corrected chi connectivity index (χ3v) is 2.28. The molecule has 0 unspecified atom stereocenters. The second-order valence-electron chi connectivity index (χ2n) is 3.29. The summed E-state index contributed by atoms with van der Waals surface area (Å²) in [6.45, 7) is 2.15. The maximum absolute atomic E-state index is 4.11. The van der Waals surface area contributed by atoms with Crippen molar-refractivity contribution >= 4 is 0 Å². The number of hydrogen-bond donors (Lipinski definition) is 0. The van der Waals surface area contributed by atoms with Crippen LogP contribution in [-0.4, -0.2) is 15.0 Å². The van der Waals surface area contributed by atoms with Crippen molar-refractivity contribution in [3.8, 4) is 11.3 Å². The molecule has 14 heavy (non-hydrogen) atoms. The van der Waals surface area contributed by atoms with Crippen LogP contribution in [0.15, 0.2) is 30.5 Å². The summed E-state index contributed by atoms with van der Waals surface area (Å²) in [7, 11) is 1.88. The van der Waals surface area contributed by atoms with E-state index in [0.29, 0.717) is 0 Å². The van der Waals surface area contributed by atoms with E-state index >= 15 is 0 Å². The minimum atomic E-state index is 0.949. The lowest BCUT2D eigenvalue weighted by Crippen LogP contribution is -1.86. The van der Waals surface area contributed by atoms with E-state index < -0.39 is 0 Å².